The quantitative estimate of drug-likeness (QED) is 0.544. The van der Waals surface area contributed by atoms with Crippen molar-refractivity contribution >= 4 is 0 Å². The van der Waals surface area contributed by atoms with Gasteiger partial charge in [-0.25, -0.2) is 0 Å². The highest BCUT2D eigenvalue weighted by molar-refractivity contribution is 4.83. The van der Waals surface area contributed by atoms with Crippen LogP contribution >= 0.6 is 0 Å². The molecule has 0 aliphatic carbocycles. The Morgan fingerprint density at radius 1 is 1.89 bits per heavy atom. The van der Waals surface area contributed by atoms with Crippen molar-refractivity contribution in [1.82, 2.24) is 14.8 Å². The van der Waals surface area contributed by atoms with Crippen LogP contribution in [0.15, 0.2) is 19.0 Å². The molecule has 9 heavy (non-hydrogen) atoms. The molecule has 0 aromatic carbocycles. The monoisotopic (exact) mass is 123 g/mol. The molecule has 0 fully saturated rings. The third kappa shape index (κ3) is 1.16. The second-order valence-electron chi connectivity index (χ2n) is 1.82. The number of allylic oxidation sites excluding steroid dienone is 1. The lowest BCUT2D eigenvalue weighted by atomic mass is 10.6. The van der Waals surface area contributed by atoms with Crippen molar-refractivity contribution < 1.29 is 0 Å². The van der Waals surface area contributed by atoms with Crippen LogP contribution in [0.2, 0.25) is 0 Å². The fourth-order valence-corrected chi connectivity index (χ4v) is 0.631. The summed E-state index contributed by atoms with van der Waals surface area (Å²) in [4.78, 5) is 0. The SMILES string of the molecule is C=CCn1cnnc1C. The van der Waals surface area contributed by atoms with Crippen LogP contribution in [0.1, 0.15) is 5.82 Å². The highest BCUT2D eigenvalue weighted by atomic mass is 15.2. The lowest BCUT2D eigenvalue weighted by molar-refractivity contribution is 0.781. The van der Waals surface area contributed by atoms with Crippen molar-refractivity contribution in [3.05, 3.63) is 24.8 Å². The van der Waals surface area contributed by atoms with Crippen LogP contribution in [0, 0.1) is 6.92 Å². The van der Waals surface area contributed by atoms with E-state index in [0.29, 0.717) is 0 Å². The predicted molar refractivity (Wildman–Crippen MR) is 35.0 cm³/mol. The Morgan fingerprint density at radius 2 is 2.67 bits per heavy atom. The number of nitrogens with zero attached hydrogens (tertiary/aromatic N) is 3. The van der Waals surface area contributed by atoms with Crippen LogP contribution in [0.3, 0.4) is 0 Å². The third-order valence-electron chi connectivity index (χ3n) is 1.13. The van der Waals surface area contributed by atoms with Gasteiger partial charge in [0.25, 0.3) is 0 Å². The molecule has 1 rings (SSSR count). The minimum atomic E-state index is 0.791. The molecule has 3 nitrogen and oxygen atoms in total. The van der Waals surface area contributed by atoms with Crippen molar-refractivity contribution in [2.24, 2.45) is 0 Å². The van der Waals surface area contributed by atoms with E-state index in [9.17, 15) is 0 Å². The van der Waals surface area contributed by atoms with Gasteiger partial charge in [-0.2, -0.15) is 0 Å². The molecule has 0 saturated heterocycles. The zero-order chi connectivity index (χ0) is 6.69. The average molecular weight is 123 g/mol. The van der Waals surface area contributed by atoms with E-state index in [4.69, 9.17) is 0 Å². The molecule has 0 unspecified atom stereocenters. The highest BCUT2D eigenvalue weighted by Gasteiger charge is 1.91. The van der Waals surface area contributed by atoms with Crippen molar-refractivity contribution in [2.45, 2.75) is 13.5 Å². The molecule has 0 bridgehead atoms. The summed E-state index contributed by atoms with van der Waals surface area (Å²) in [6, 6.07) is 0. The number of aromatic nitrogens is 3. The van der Waals surface area contributed by atoms with E-state index >= 15 is 0 Å². The zero-order valence-corrected chi connectivity index (χ0v) is 5.41. The molecule has 1 heterocycles. The van der Waals surface area contributed by atoms with Crippen LogP contribution in [0.25, 0.3) is 0 Å². The maximum Gasteiger partial charge on any atom is 0.129 e. The smallest absolute Gasteiger partial charge is 0.129 e. The summed E-state index contributed by atoms with van der Waals surface area (Å²) in [7, 11) is 0. The molecule has 0 N–H and O–H groups in total. The molecular formula is C6H9N3. The molecule has 0 atom stereocenters. The van der Waals surface area contributed by atoms with E-state index in [0.717, 1.165) is 12.4 Å². The summed E-state index contributed by atoms with van der Waals surface area (Å²) in [6.45, 7) is 6.30. The molecule has 0 spiro atoms. The van der Waals surface area contributed by atoms with Gasteiger partial charge in [0.1, 0.15) is 12.2 Å². The van der Waals surface area contributed by atoms with Gasteiger partial charge in [-0.05, 0) is 6.92 Å². The van der Waals surface area contributed by atoms with Crippen LogP contribution < -0.4 is 0 Å². The normalized spacial score (nSPS) is 9.44. The molecular weight excluding hydrogens is 114 g/mol. The standard InChI is InChI=1S/C6H9N3/c1-3-4-9-5-7-8-6(9)2/h3,5H,1,4H2,2H3. The average Bonchev–Trinajstić information content (AvgIpc) is 2.18. The highest BCUT2D eigenvalue weighted by Crippen LogP contribution is 1.90. The third-order valence-corrected chi connectivity index (χ3v) is 1.13. The Hall–Kier alpha value is -1.12. The Balaban J connectivity index is 2.80. The van der Waals surface area contributed by atoms with Gasteiger partial charge in [-0.3, -0.25) is 0 Å². The molecule has 0 saturated carbocycles. The fraction of sp³-hybridized carbons (Fsp3) is 0.333. The van der Waals surface area contributed by atoms with Crippen LogP contribution in [-0.4, -0.2) is 14.8 Å². The topological polar surface area (TPSA) is 30.7 Å². The Kier molecular flexibility index (Phi) is 1.63. The van der Waals surface area contributed by atoms with Gasteiger partial charge in [-0.15, -0.1) is 16.8 Å². The van der Waals surface area contributed by atoms with Crippen molar-refractivity contribution in [3.63, 3.8) is 0 Å². The maximum absolute atomic E-state index is 3.80. The first-order valence-electron chi connectivity index (χ1n) is 2.80. The summed E-state index contributed by atoms with van der Waals surface area (Å²) in [6.07, 6.45) is 3.51. The summed E-state index contributed by atoms with van der Waals surface area (Å²) in [5.74, 6) is 0.926. The number of hydrogen-bond donors (Lipinski definition) is 0. The van der Waals surface area contributed by atoms with Gasteiger partial charge in [0.05, 0.1) is 0 Å². The second-order valence-corrected chi connectivity index (χ2v) is 1.82. The molecule has 48 valence electrons. The largest absolute Gasteiger partial charge is 0.314 e. The van der Waals surface area contributed by atoms with Crippen molar-refractivity contribution in [1.29, 1.82) is 0 Å². The lowest BCUT2D eigenvalue weighted by Crippen LogP contribution is -1.94. The molecule has 1 aromatic heterocycles. The zero-order valence-electron chi connectivity index (χ0n) is 5.41. The number of aryl methyl sites for hydroxylation is 1. The van der Waals surface area contributed by atoms with Gasteiger partial charge >= 0.3 is 0 Å². The first kappa shape index (κ1) is 6.01. The molecule has 1 aromatic rings. The predicted octanol–water partition coefficient (Wildman–Crippen LogP) is 0.773. The van der Waals surface area contributed by atoms with Crippen LogP contribution in [0.4, 0.5) is 0 Å². The first-order chi connectivity index (χ1) is 4.34. The van der Waals surface area contributed by atoms with E-state index < -0.39 is 0 Å². The summed E-state index contributed by atoms with van der Waals surface area (Å²) < 4.78 is 1.92. The molecule has 0 radical (unpaired) electrons. The minimum Gasteiger partial charge on any atom is -0.314 e. The summed E-state index contributed by atoms with van der Waals surface area (Å²) >= 11 is 0. The van der Waals surface area contributed by atoms with Crippen molar-refractivity contribution in [3.8, 4) is 0 Å². The van der Waals surface area contributed by atoms with E-state index in [-0.39, 0.29) is 0 Å². The lowest BCUT2D eigenvalue weighted by Gasteiger charge is -1.94. The summed E-state index contributed by atoms with van der Waals surface area (Å²) in [5.41, 5.74) is 0. The Labute approximate surface area is 54.0 Å². The van der Waals surface area contributed by atoms with E-state index in [1.54, 1.807) is 6.33 Å². The van der Waals surface area contributed by atoms with Gasteiger partial charge in [0, 0.05) is 6.54 Å². The first-order valence-corrected chi connectivity index (χ1v) is 2.80. The number of hydrogen-bond acceptors (Lipinski definition) is 2. The van der Waals surface area contributed by atoms with Gasteiger partial charge in [0.2, 0.25) is 0 Å². The van der Waals surface area contributed by atoms with E-state index in [1.165, 1.54) is 0 Å². The molecule has 0 aliphatic rings. The van der Waals surface area contributed by atoms with Gasteiger partial charge in [-0.1, -0.05) is 6.08 Å². The van der Waals surface area contributed by atoms with Crippen LogP contribution in [-0.2, 0) is 6.54 Å². The summed E-state index contributed by atoms with van der Waals surface area (Å²) in [5, 5.41) is 7.51. The van der Waals surface area contributed by atoms with E-state index in [1.807, 2.05) is 17.6 Å². The Bertz CT molecular complexity index is 202. The minimum absolute atomic E-state index is 0.791. The van der Waals surface area contributed by atoms with Crippen molar-refractivity contribution in [2.75, 3.05) is 0 Å². The molecule has 0 amide bonds. The van der Waals surface area contributed by atoms with E-state index in [2.05, 4.69) is 16.8 Å². The maximum atomic E-state index is 3.80. The number of rotatable bonds is 2. The fourth-order valence-electron chi connectivity index (χ4n) is 0.631. The van der Waals surface area contributed by atoms with Gasteiger partial charge < -0.3 is 4.57 Å². The Morgan fingerprint density at radius 3 is 3.11 bits per heavy atom. The second kappa shape index (κ2) is 2.44. The van der Waals surface area contributed by atoms with Crippen LogP contribution in [0.5, 0.6) is 0 Å². The van der Waals surface area contributed by atoms with Gasteiger partial charge in [0.15, 0.2) is 0 Å². The molecule has 0 aliphatic heterocycles. The molecule has 3 heteroatoms.